The van der Waals surface area contributed by atoms with Gasteiger partial charge in [0.1, 0.15) is 12.2 Å². The van der Waals surface area contributed by atoms with Crippen molar-refractivity contribution in [1.29, 1.82) is 0 Å². The fourth-order valence-electron chi connectivity index (χ4n) is 6.21. The van der Waals surface area contributed by atoms with E-state index in [0.717, 1.165) is 44.9 Å². The molecule has 320 valence electrons. The number of rotatable bonds is 43. The number of carbonyl (C=O) groups is 1. The summed E-state index contributed by atoms with van der Waals surface area (Å²) in [4.78, 5) is 22.5. The van der Waals surface area contributed by atoms with Crippen LogP contribution in [0.5, 0.6) is 0 Å². The predicted octanol–water partition coefficient (Wildman–Crippen LogP) is 12.3. The third-order valence-electron chi connectivity index (χ3n) is 9.64. The van der Waals surface area contributed by atoms with Gasteiger partial charge in [0.15, 0.2) is 0 Å². The third kappa shape index (κ3) is 40.6. The van der Waals surface area contributed by atoms with Crippen molar-refractivity contribution >= 4 is 13.8 Å². The SMILES string of the molecule is CCCCCCC/C=C\C/C=C\CCCCCCCCCCCCOCC(COP(=O)(O)OCC(O)CO)OC(=O)CCCCCCCCCCCCC. The van der Waals surface area contributed by atoms with Crippen molar-refractivity contribution in [3.63, 3.8) is 0 Å². The lowest BCUT2D eigenvalue weighted by Gasteiger charge is -2.20. The van der Waals surface area contributed by atoms with Crippen molar-refractivity contribution in [2.75, 3.05) is 33.0 Å². The quantitative estimate of drug-likeness (QED) is 0.0239. The molecule has 9 nitrogen and oxygen atoms in total. The first-order valence-electron chi connectivity index (χ1n) is 22.3. The van der Waals surface area contributed by atoms with Crippen LogP contribution in [0.3, 0.4) is 0 Å². The zero-order valence-electron chi connectivity index (χ0n) is 35.0. The first-order chi connectivity index (χ1) is 26.3. The molecule has 0 saturated carbocycles. The molecule has 0 aromatic rings. The molecule has 0 bridgehead atoms. The molecule has 0 rings (SSSR count). The highest BCUT2D eigenvalue weighted by Crippen LogP contribution is 2.43. The van der Waals surface area contributed by atoms with Crippen LogP contribution in [-0.4, -0.2) is 66.3 Å². The summed E-state index contributed by atoms with van der Waals surface area (Å²) in [6.45, 7) is 3.52. The molecule has 0 saturated heterocycles. The summed E-state index contributed by atoms with van der Waals surface area (Å²) in [5.41, 5.74) is 0. The van der Waals surface area contributed by atoms with E-state index in [2.05, 4.69) is 38.2 Å². The Morgan fingerprint density at radius 1 is 0.574 bits per heavy atom. The van der Waals surface area contributed by atoms with Crippen molar-refractivity contribution in [3.8, 4) is 0 Å². The number of unbranched alkanes of at least 4 members (excludes halogenated alkanes) is 25. The van der Waals surface area contributed by atoms with E-state index in [9.17, 15) is 19.4 Å². The molecule has 0 amide bonds. The number of hydrogen-bond acceptors (Lipinski definition) is 8. The van der Waals surface area contributed by atoms with Crippen LogP contribution in [0.4, 0.5) is 0 Å². The summed E-state index contributed by atoms with van der Waals surface area (Å²) in [5.74, 6) is -0.383. The lowest BCUT2D eigenvalue weighted by atomic mass is 10.1. The number of phosphoric ester groups is 1. The van der Waals surface area contributed by atoms with Crippen LogP contribution < -0.4 is 0 Å². The fraction of sp³-hybridized carbons (Fsp3) is 0.886. The van der Waals surface area contributed by atoms with E-state index in [0.29, 0.717) is 6.61 Å². The average Bonchev–Trinajstić information content (AvgIpc) is 3.16. The fourth-order valence-corrected chi connectivity index (χ4v) is 7.00. The van der Waals surface area contributed by atoms with Gasteiger partial charge in [-0.25, -0.2) is 4.57 Å². The van der Waals surface area contributed by atoms with Crippen molar-refractivity contribution in [2.45, 2.75) is 219 Å². The highest BCUT2D eigenvalue weighted by molar-refractivity contribution is 7.47. The van der Waals surface area contributed by atoms with Crippen LogP contribution >= 0.6 is 7.82 Å². The largest absolute Gasteiger partial charge is 0.472 e. The maximum absolute atomic E-state index is 12.6. The number of phosphoric acid groups is 1. The number of ether oxygens (including phenoxy) is 2. The molecule has 3 unspecified atom stereocenters. The summed E-state index contributed by atoms with van der Waals surface area (Å²) < 4.78 is 33.3. The van der Waals surface area contributed by atoms with Gasteiger partial charge in [-0.15, -0.1) is 0 Å². The van der Waals surface area contributed by atoms with Crippen LogP contribution in [0.2, 0.25) is 0 Å². The molecule has 10 heteroatoms. The Morgan fingerprint density at radius 2 is 1.00 bits per heavy atom. The molecular weight excluding hydrogens is 703 g/mol. The van der Waals surface area contributed by atoms with Gasteiger partial charge in [0.25, 0.3) is 0 Å². The predicted molar refractivity (Wildman–Crippen MR) is 224 cm³/mol. The van der Waals surface area contributed by atoms with Gasteiger partial charge in [-0.3, -0.25) is 13.8 Å². The van der Waals surface area contributed by atoms with Gasteiger partial charge >= 0.3 is 13.8 Å². The second-order valence-electron chi connectivity index (χ2n) is 15.1. The minimum absolute atomic E-state index is 0.0509. The molecule has 54 heavy (non-hydrogen) atoms. The van der Waals surface area contributed by atoms with Gasteiger partial charge in [-0.2, -0.15) is 0 Å². The summed E-state index contributed by atoms with van der Waals surface area (Å²) in [6.07, 6.45) is 42.8. The number of carbonyl (C=O) groups excluding carboxylic acids is 1. The van der Waals surface area contributed by atoms with Gasteiger partial charge in [0.05, 0.1) is 26.4 Å². The van der Waals surface area contributed by atoms with Crippen molar-refractivity contribution in [1.82, 2.24) is 0 Å². The molecule has 0 aliphatic carbocycles. The molecule has 0 radical (unpaired) electrons. The molecule has 0 fully saturated rings. The number of allylic oxidation sites excluding steroid dienone is 4. The zero-order chi connectivity index (χ0) is 39.6. The van der Waals surface area contributed by atoms with E-state index in [1.165, 1.54) is 141 Å². The van der Waals surface area contributed by atoms with E-state index >= 15 is 0 Å². The lowest BCUT2D eigenvalue weighted by Crippen LogP contribution is -2.29. The Kier molecular flexibility index (Phi) is 40.8. The van der Waals surface area contributed by atoms with Crippen LogP contribution in [0.1, 0.15) is 206 Å². The van der Waals surface area contributed by atoms with Crippen LogP contribution in [0.15, 0.2) is 24.3 Å². The Labute approximate surface area is 332 Å². The van der Waals surface area contributed by atoms with Gasteiger partial charge < -0.3 is 24.6 Å². The molecule has 0 spiro atoms. The highest BCUT2D eigenvalue weighted by Gasteiger charge is 2.26. The molecule has 0 aromatic carbocycles. The van der Waals surface area contributed by atoms with Crippen LogP contribution in [0, 0.1) is 0 Å². The van der Waals surface area contributed by atoms with Crippen molar-refractivity contribution in [3.05, 3.63) is 24.3 Å². The van der Waals surface area contributed by atoms with E-state index in [-0.39, 0.29) is 25.6 Å². The maximum Gasteiger partial charge on any atom is 0.472 e. The smallest absolute Gasteiger partial charge is 0.457 e. The topological polar surface area (TPSA) is 132 Å². The number of hydrogen-bond donors (Lipinski definition) is 3. The minimum Gasteiger partial charge on any atom is -0.457 e. The van der Waals surface area contributed by atoms with Gasteiger partial charge in [0, 0.05) is 13.0 Å². The second kappa shape index (κ2) is 41.6. The minimum atomic E-state index is -4.51. The van der Waals surface area contributed by atoms with E-state index in [1.54, 1.807) is 0 Å². The first-order valence-corrected chi connectivity index (χ1v) is 23.8. The van der Waals surface area contributed by atoms with E-state index in [1.807, 2.05) is 0 Å². The monoisotopic (exact) mass is 789 g/mol. The molecule has 0 aliphatic rings. The second-order valence-corrected chi connectivity index (χ2v) is 16.5. The van der Waals surface area contributed by atoms with Crippen molar-refractivity contribution in [2.24, 2.45) is 0 Å². The number of aliphatic hydroxyl groups is 2. The molecule has 0 aliphatic heterocycles. The summed E-state index contributed by atoms with van der Waals surface area (Å²) >= 11 is 0. The lowest BCUT2D eigenvalue weighted by molar-refractivity contribution is -0.154. The van der Waals surface area contributed by atoms with Gasteiger partial charge in [-0.1, -0.05) is 179 Å². The molecule has 3 atom stereocenters. The highest BCUT2D eigenvalue weighted by atomic mass is 31.2. The average molecular weight is 789 g/mol. The molecule has 0 heterocycles. The van der Waals surface area contributed by atoms with Crippen molar-refractivity contribution < 1.29 is 43.0 Å². The summed E-state index contributed by atoms with van der Waals surface area (Å²) in [5, 5.41) is 18.3. The molecule has 0 aromatic heterocycles. The Bertz CT molecular complexity index is 897. The van der Waals surface area contributed by atoms with Crippen LogP contribution in [0.25, 0.3) is 0 Å². The van der Waals surface area contributed by atoms with Gasteiger partial charge in [0.2, 0.25) is 0 Å². The normalized spacial score (nSPS) is 14.2. The molecule has 3 N–H and O–H groups in total. The maximum atomic E-state index is 12.6. The standard InChI is InChI=1S/C44H85O9P/c1-3-5-7-9-11-13-15-16-17-18-19-20-21-22-23-24-25-27-29-31-33-35-37-50-40-43(41-52-54(48,49)51-39-42(46)38-45)53-44(47)36-34-32-30-28-26-14-12-10-8-6-4-2/h15-16,18-19,42-43,45-46H,3-14,17,20-41H2,1-2H3,(H,48,49)/b16-15-,19-18-. The van der Waals surface area contributed by atoms with Gasteiger partial charge in [-0.05, 0) is 44.9 Å². The summed E-state index contributed by atoms with van der Waals surface area (Å²) in [6, 6.07) is 0. The third-order valence-corrected chi connectivity index (χ3v) is 10.6. The summed E-state index contributed by atoms with van der Waals surface area (Å²) in [7, 11) is -4.51. The first kappa shape index (κ1) is 52.9. The Morgan fingerprint density at radius 3 is 1.48 bits per heavy atom. The van der Waals surface area contributed by atoms with Crippen LogP contribution in [-0.2, 0) is 27.9 Å². The Balaban J connectivity index is 4.06. The number of esters is 1. The number of aliphatic hydroxyl groups excluding tert-OH is 2. The molecular formula is C44H85O9P. The zero-order valence-corrected chi connectivity index (χ0v) is 35.8. The Hall–Kier alpha value is -1.06. The van der Waals surface area contributed by atoms with E-state index < -0.39 is 33.2 Å². The van der Waals surface area contributed by atoms with E-state index in [4.69, 9.17) is 23.6 Å².